The normalized spacial score (nSPS) is 10.5. The van der Waals surface area contributed by atoms with Gasteiger partial charge in [0.15, 0.2) is 5.78 Å². The fourth-order valence-electron chi connectivity index (χ4n) is 1.75. The molecule has 0 fully saturated rings. The van der Waals surface area contributed by atoms with E-state index in [-0.39, 0.29) is 5.78 Å². The highest BCUT2D eigenvalue weighted by Gasteiger charge is 2.11. The number of rotatable bonds is 5. The molecule has 0 aliphatic heterocycles. The van der Waals surface area contributed by atoms with Gasteiger partial charge in [0.25, 0.3) is 0 Å². The average molecular weight is 193 g/mol. The summed E-state index contributed by atoms with van der Waals surface area (Å²) >= 11 is 0. The molecule has 1 aromatic heterocycles. The van der Waals surface area contributed by atoms with E-state index in [9.17, 15) is 4.79 Å². The second-order valence-corrected chi connectivity index (χ2v) is 3.65. The first-order valence-electron chi connectivity index (χ1n) is 5.39. The van der Waals surface area contributed by atoms with Crippen molar-refractivity contribution >= 4 is 5.78 Å². The summed E-state index contributed by atoms with van der Waals surface area (Å²) in [4.78, 5) is 11.4. The van der Waals surface area contributed by atoms with E-state index in [0.29, 0.717) is 0 Å². The molecule has 0 bridgehead atoms. The van der Waals surface area contributed by atoms with Gasteiger partial charge in [-0.2, -0.15) is 0 Å². The standard InChI is InChI=1S/C12H19NO/c1-4-6-8-13-9-7-11(5-2)12(13)10(3)14/h7,9H,4-6,8H2,1-3H3. The molecular weight excluding hydrogens is 174 g/mol. The molecule has 2 nitrogen and oxygen atoms in total. The molecule has 0 saturated carbocycles. The molecule has 0 aliphatic rings. The van der Waals surface area contributed by atoms with E-state index in [4.69, 9.17) is 0 Å². The zero-order chi connectivity index (χ0) is 10.6. The average Bonchev–Trinajstić information content (AvgIpc) is 2.57. The summed E-state index contributed by atoms with van der Waals surface area (Å²) < 4.78 is 2.09. The molecule has 0 spiro atoms. The van der Waals surface area contributed by atoms with Crippen LogP contribution in [-0.4, -0.2) is 10.4 Å². The zero-order valence-corrected chi connectivity index (χ0v) is 9.34. The number of hydrogen-bond donors (Lipinski definition) is 0. The molecule has 0 unspecified atom stereocenters. The van der Waals surface area contributed by atoms with E-state index < -0.39 is 0 Å². The van der Waals surface area contributed by atoms with Crippen molar-refractivity contribution in [2.45, 2.75) is 46.6 Å². The van der Waals surface area contributed by atoms with Crippen LogP contribution in [0.3, 0.4) is 0 Å². The Labute approximate surface area is 85.9 Å². The van der Waals surface area contributed by atoms with Crippen LogP contribution in [0.5, 0.6) is 0 Å². The van der Waals surface area contributed by atoms with Gasteiger partial charge in [-0.1, -0.05) is 20.3 Å². The minimum Gasteiger partial charge on any atom is -0.345 e. The SMILES string of the molecule is CCCCn1ccc(CC)c1C(C)=O. The summed E-state index contributed by atoms with van der Waals surface area (Å²) in [5, 5.41) is 0. The Morgan fingerprint density at radius 2 is 2.14 bits per heavy atom. The molecule has 1 heterocycles. The molecule has 0 aromatic carbocycles. The third-order valence-electron chi connectivity index (χ3n) is 2.51. The summed E-state index contributed by atoms with van der Waals surface area (Å²) in [6, 6.07) is 2.06. The number of hydrogen-bond acceptors (Lipinski definition) is 1. The lowest BCUT2D eigenvalue weighted by molar-refractivity contribution is 0.100. The third kappa shape index (κ3) is 2.25. The fraction of sp³-hybridized carbons (Fsp3) is 0.583. The number of Topliss-reactive ketones (excluding diaryl/α,β-unsaturated/α-hetero) is 1. The molecular formula is C12H19NO. The zero-order valence-electron chi connectivity index (χ0n) is 9.34. The minimum atomic E-state index is 0.183. The maximum Gasteiger partial charge on any atom is 0.176 e. The topological polar surface area (TPSA) is 22.0 Å². The smallest absolute Gasteiger partial charge is 0.176 e. The molecule has 1 rings (SSSR count). The number of aromatic nitrogens is 1. The first-order valence-corrected chi connectivity index (χ1v) is 5.39. The van der Waals surface area contributed by atoms with Crippen molar-refractivity contribution in [3.05, 3.63) is 23.5 Å². The van der Waals surface area contributed by atoms with E-state index >= 15 is 0 Å². The molecule has 0 amide bonds. The van der Waals surface area contributed by atoms with Crippen LogP contribution in [0.25, 0.3) is 0 Å². The predicted octanol–water partition coefficient (Wildman–Crippen LogP) is 3.05. The lowest BCUT2D eigenvalue weighted by atomic mass is 10.1. The summed E-state index contributed by atoms with van der Waals surface area (Å²) in [5.74, 6) is 0.183. The summed E-state index contributed by atoms with van der Waals surface area (Å²) in [7, 11) is 0. The highest BCUT2D eigenvalue weighted by molar-refractivity contribution is 5.94. The molecule has 78 valence electrons. The molecule has 0 radical (unpaired) electrons. The van der Waals surface area contributed by atoms with Crippen LogP contribution in [0.2, 0.25) is 0 Å². The van der Waals surface area contributed by atoms with Gasteiger partial charge in [-0.05, 0) is 24.5 Å². The van der Waals surface area contributed by atoms with Gasteiger partial charge in [-0.3, -0.25) is 4.79 Å². The van der Waals surface area contributed by atoms with Crippen molar-refractivity contribution in [2.75, 3.05) is 0 Å². The Bertz CT molecular complexity index is 312. The van der Waals surface area contributed by atoms with Crippen LogP contribution in [0.4, 0.5) is 0 Å². The number of aryl methyl sites for hydroxylation is 2. The van der Waals surface area contributed by atoms with Gasteiger partial charge in [0.1, 0.15) is 0 Å². The van der Waals surface area contributed by atoms with Crippen molar-refractivity contribution in [3.8, 4) is 0 Å². The molecule has 2 heteroatoms. The van der Waals surface area contributed by atoms with E-state index in [1.807, 2.05) is 6.20 Å². The van der Waals surface area contributed by atoms with Crippen molar-refractivity contribution < 1.29 is 4.79 Å². The largest absolute Gasteiger partial charge is 0.345 e. The third-order valence-corrected chi connectivity index (χ3v) is 2.51. The van der Waals surface area contributed by atoms with Gasteiger partial charge in [0.05, 0.1) is 5.69 Å². The van der Waals surface area contributed by atoms with Crippen LogP contribution in [-0.2, 0) is 13.0 Å². The van der Waals surface area contributed by atoms with Crippen LogP contribution < -0.4 is 0 Å². The highest BCUT2D eigenvalue weighted by Crippen LogP contribution is 2.13. The van der Waals surface area contributed by atoms with Gasteiger partial charge < -0.3 is 4.57 Å². The monoisotopic (exact) mass is 193 g/mol. The maximum atomic E-state index is 11.4. The Morgan fingerprint density at radius 3 is 2.64 bits per heavy atom. The Morgan fingerprint density at radius 1 is 1.43 bits per heavy atom. The quantitative estimate of drug-likeness (QED) is 0.659. The van der Waals surface area contributed by atoms with Crippen molar-refractivity contribution in [1.29, 1.82) is 0 Å². The maximum absolute atomic E-state index is 11.4. The molecule has 0 atom stereocenters. The number of unbranched alkanes of at least 4 members (excludes halogenated alkanes) is 1. The van der Waals surface area contributed by atoms with Crippen LogP contribution in [0, 0.1) is 0 Å². The Hall–Kier alpha value is -1.05. The molecule has 0 N–H and O–H groups in total. The molecule has 1 aromatic rings. The van der Waals surface area contributed by atoms with Crippen molar-refractivity contribution in [3.63, 3.8) is 0 Å². The number of ketones is 1. The van der Waals surface area contributed by atoms with E-state index in [1.54, 1.807) is 6.92 Å². The highest BCUT2D eigenvalue weighted by atomic mass is 16.1. The van der Waals surface area contributed by atoms with Gasteiger partial charge >= 0.3 is 0 Å². The van der Waals surface area contributed by atoms with Gasteiger partial charge in [0.2, 0.25) is 0 Å². The van der Waals surface area contributed by atoms with E-state index in [0.717, 1.165) is 31.5 Å². The van der Waals surface area contributed by atoms with Gasteiger partial charge in [-0.15, -0.1) is 0 Å². The van der Waals surface area contributed by atoms with Crippen LogP contribution in [0.1, 0.15) is 49.7 Å². The van der Waals surface area contributed by atoms with Crippen molar-refractivity contribution in [1.82, 2.24) is 4.57 Å². The first-order chi connectivity index (χ1) is 6.70. The molecule has 0 aliphatic carbocycles. The number of carbonyl (C=O) groups excluding carboxylic acids is 1. The lowest BCUT2D eigenvalue weighted by Gasteiger charge is -2.07. The second-order valence-electron chi connectivity index (χ2n) is 3.65. The predicted molar refractivity (Wildman–Crippen MR) is 58.7 cm³/mol. The van der Waals surface area contributed by atoms with E-state index in [1.165, 1.54) is 5.56 Å². The van der Waals surface area contributed by atoms with Gasteiger partial charge in [-0.25, -0.2) is 0 Å². The summed E-state index contributed by atoms with van der Waals surface area (Å²) in [6.07, 6.45) is 5.27. The van der Waals surface area contributed by atoms with Crippen LogP contribution >= 0.6 is 0 Å². The van der Waals surface area contributed by atoms with Crippen LogP contribution in [0.15, 0.2) is 12.3 Å². The lowest BCUT2D eigenvalue weighted by Crippen LogP contribution is -2.07. The minimum absolute atomic E-state index is 0.183. The summed E-state index contributed by atoms with van der Waals surface area (Å²) in [5.41, 5.74) is 2.08. The first kappa shape index (κ1) is 11.0. The van der Waals surface area contributed by atoms with Gasteiger partial charge in [0, 0.05) is 19.7 Å². The Balaban J connectivity index is 2.92. The molecule has 0 saturated heterocycles. The Kier molecular flexibility index (Phi) is 3.93. The number of nitrogens with zero attached hydrogens (tertiary/aromatic N) is 1. The fourth-order valence-corrected chi connectivity index (χ4v) is 1.75. The molecule has 14 heavy (non-hydrogen) atoms. The number of carbonyl (C=O) groups is 1. The summed E-state index contributed by atoms with van der Waals surface area (Å²) in [6.45, 7) is 6.87. The van der Waals surface area contributed by atoms with E-state index in [2.05, 4.69) is 24.5 Å². The second kappa shape index (κ2) is 4.99. The van der Waals surface area contributed by atoms with Crippen molar-refractivity contribution in [2.24, 2.45) is 0 Å².